The number of aliphatic imine (C=N–C) groups is 1. The molecular weight excluding hydrogens is 546 g/mol. The number of hydrogen-bond donors (Lipinski definition) is 0. The molecule has 0 aliphatic rings. The number of alkyl halides is 3. The maximum absolute atomic E-state index is 15.2. The molecule has 0 N–H and O–H groups in total. The second kappa shape index (κ2) is 18.0. The van der Waals surface area contributed by atoms with Crippen LogP contribution in [-0.4, -0.2) is 11.9 Å². The molecule has 0 radical (unpaired) electrons. The summed E-state index contributed by atoms with van der Waals surface area (Å²) in [6.07, 6.45) is 4.25. The molecule has 2 rings (SSSR count). The third kappa shape index (κ3) is 12.0. The molecule has 0 fully saturated rings. The standard InChI is InChI=1S/C25H32ClF.C10H14F3N/c1-6-8-10-22(19(5)18(4)20-13-11-17(3)12-14-20)24-21(9-7-2)15-16-23(26)25(24)27;1-4-5-9(3)14-7-6-8(2)10(11,12)13/h11-16,18H,6-10H2,1-5H3;6-7H,2,4-5H2,1,3H3/b22-19+;7-6-,14-9?. The molecule has 226 valence electrons. The van der Waals surface area contributed by atoms with Crippen molar-refractivity contribution >= 4 is 22.9 Å². The van der Waals surface area contributed by atoms with Gasteiger partial charge in [-0.3, -0.25) is 4.99 Å². The van der Waals surface area contributed by atoms with E-state index in [1.165, 1.54) is 16.7 Å². The number of rotatable bonds is 12. The van der Waals surface area contributed by atoms with Crippen LogP contribution < -0.4 is 0 Å². The van der Waals surface area contributed by atoms with Crippen molar-refractivity contribution in [1.29, 1.82) is 0 Å². The van der Waals surface area contributed by atoms with Gasteiger partial charge in [0.15, 0.2) is 0 Å². The molecule has 6 heteroatoms. The van der Waals surface area contributed by atoms with E-state index in [0.29, 0.717) is 0 Å². The first-order valence-electron chi connectivity index (χ1n) is 14.5. The number of unbranched alkanes of at least 4 members (excludes halogenated alkanes) is 1. The summed E-state index contributed by atoms with van der Waals surface area (Å²) in [6.45, 7) is 17.4. The highest BCUT2D eigenvalue weighted by Gasteiger charge is 2.29. The number of hydrogen-bond acceptors (Lipinski definition) is 1. The normalized spacial score (nSPS) is 13.5. The van der Waals surface area contributed by atoms with Gasteiger partial charge < -0.3 is 0 Å². The smallest absolute Gasteiger partial charge is 0.266 e. The molecule has 1 atom stereocenters. The summed E-state index contributed by atoms with van der Waals surface area (Å²) in [5.74, 6) is -0.0190. The maximum atomic E-state index is 15.2. The fourth-order valence-electron chi connectivity index (χ4n) is 4.41. The first-order chi connectivity index (χ1) is 19.3. The van der Waals surface area contributed by atoms with E-state index < -0.39 is 11.7 Å². The highest BCUT2D eigenvalue weighted by Crippen LogP contribution is 2.38. The van der Waals surface area contributed by atoms with Gasteiger partial charge >= 0.3 is 6.18 Å². The van der Waals surface area contributed by atoms with Crippen molar-refractivity contribution in [2.45, 2.75) is 106 Å². The van der Waals surface area contributed by atoms with Crippen LogP contribution in [0.4, 0.5) is 17.6 Å². The Morgan fingerprint density at radius 3 is 2.15 bits per heavy atom. The van der Waals surface area contributed by atoms with Gasteiger partial charge in [-0.25, -0.2) is 4.39 Å². The Kier molecular flexibility index (Phi) is 16.0. The summed E-state index contributed by atoms with van der Waals surface area (Å²) in [6, 6.07) is 12.4. The molecule has 0 bridgehead atoms. The maximum Gasteiger partial charge on any atom is 0.415 e. The van der Waals surface area contributed by atoms with E-state index in [-0.39, 0.29) is 16.8 Å². The highest BCUT2D eigenvalue weighted by atomic mass is 35.5. The van der Waals surface area contributed by atoms with Gasteiger partial charge in [0.25, 0.3) is 0 Å². The van der Waals surface area contributed by atoms with E-state index in [1.807, 2.05) is 13.0 Å². The van der Waals surface area contributed by atoms with Gasteiger partial charge in [0.1, 0.15) is 5.82 Å². The third-order valence-corrected chi connectivity index (χ3v) is 7.32. The van der Waals surface area contributed by atoms with E-state index >= 15 is 4.39 Å². The van der Waals surface area contributed by atoms with E-state index in [9.17, 15) is 13.2 Å². The molecule has 0 aromatic heterocycles. The van der Waals surface area contributed by atoms with Gasteiger partial charge in [-0.15, -0.1) is 0 Å². The molecule has 0 spiro atoms. The molecule has 0 heterocycles. The van der Waals surface area contributed by atoms with Crippen LogP contribution in [-0.2, 0) is 6.42 Å². The molecule has 0 aliphatic carbocycles. The Morgan fingerprint density at radius 2 is 1.61 bits per heavy atom. The molecule has 0 saturated heterocycles. The predicted molar refractivity (Wildman–Crippen MR) is 169 cm³/mol. The Labute approximate surface area is 250 Å². The highest BCUT2D eigenvalue weighted by molar-refractivity contribution is 6.31. The Hall–Kier alpha value is -2.66. The molecule has 2 aromatic rings. The van der Waals surface area contributed by atoms with Crippen LogP contribution in [0, 0.1) is 12.7 Å². The van der Waals surface area contributed by atoms with Crippen molar-refractivity contribution in [2.24, 2.45) is 4.99 Å². The van der Waals surface area contributed by atoms with Gasteiger partial charge in [0, 0.05) is 29.0 Å². The summed E-state index contributed by atoms with van der Waals surface area (Å²) >= 11 is 6.19. The predicted octanol–water partition coefficient (Wildman–Crippen LogP) is 12.4. The van der Waals surface area contributed by atoms with Crippen molar-refractivity contribution in [1.82, 2.24) is 0 Å². The third-order valence-electron chi connectivity index (χ3n) is 7.03. The summed E-state index contributed by atoms with van der Waals surface area (Å²) in [7, 11) is 0. The fourth-order valence-corrected chi connectivity index (χ4v) is 4.57. The zero-order chi connectivity index (χ0) is 31.2. The lowest BCUT2D eigenvalue weighted by Crippen LogP contribution is -2.08. The number of allylic oxidation sites excluding steroid dienone is 4. The van der Waals surface area contributed by atoms with Gasteiger partial charge in [-0.1, -0.05) is 107 Å². The molecule has 2 aromatic carbocycles. The molecule has 0 aliphatic heterocycles. The average molecular weight is 592 g/mol. The van der Waals surface area contributed by atoms with Crippen LogP contribution in [0.1, 0.15) is 108 Å². The first kappa shape index (κ1) is 36.4. The second-order valence-electron chi connectivity index (χ2n) is 10.5. The minimum atomic E-state index is -4.36. The first-order valence-corrected chi connectivity index (χ1v) is 14.8. The molecule has 1 unspecified atom stereocenters. The molecule has 1 nitrogen and oxygen atoms in total. The van der Waals surface area contributed by atoms with E-state index in [0.717, 1.165) is 79.6 Å². The molecular formula is C35H46ClF4N. The molecule has 0 saturated carbocycles. The summed E-state index contributed by atoms with van der Waals surface area (Å²) < 4.78 is 50.9. The molecule has 41 heavy (non-hydrogen) atoms. The van der Waals surface area contributed by atoms with Crippen LogP contribution in [0.2, 0.25) is 5.02 Å². The second-order valence-corrected chi connectivity index (χ2v) is 10.9. The van der Waals surface area contributed by atoms with Crippen LogP contribution in [0.3, 0.4) is 0 Å². The van der Waals surface area contributed by atoms with E-state index in [2.05, 4.69) is 70.5 Å². The topological polar surface area (TPSA) is 12.4 Å². The zero-order valence-electron chi connectivity index (χ0n) is 25.7. The van der Waals surface area contributed by atoms with E-state index in [4.69, 9.17) is 11.6 Å². The van der Waals surface area contributed by atoms with E-state index in [1.54, 1.807) is 13.0 Å². The van der Waals surface area contributed by atoms with Crippen molar-refractivity contribution in [3.63, 3.8) is 0 Å². The van der Waals surface area contributed by atoms with Gasteiger partial charge in [0.05, 0.1) is 5.02 Å². The average Bonchev–Trinajstić information content (AvgIpc) is 2.92. The summed E-state index contributed by atoms with van der Waals surface area (Å²) in [5, 5.41) is 0.217. The molecule has 0 amide bonds. The summed E-state index contributed by atoms with van der Waals surface area (Å²) in [5.41, 5.74) is 6.65. The van der Waals surface area contributed by atoms with Crippen molar-refractivity contribution in [3.8, 4) is 0 Å². The Morgan fingerprint density at radius 1 is 0.976 bits per heavy atom. The Bertz CT molecular complexity index is 1200. The Balaban J connectivity index is 0.000000509. The SMILES string of the molecule is C=C(/C=C\N=C(C)CCC)C(F)(F)F.CCCC/C(=C(/C)C(C)c1ccc(C)cc1)c1c(CCC)ccc(Cl)c1F. The van der Waals surface area contributed by atoms with Crippen molar-refractivity contribution in [3.05, 3.63) is 99.5 Å². The lowest BCUT2D eigenvalue weighted by molar-refractivity contribution is -0.0878. The lowest BCUT2D eigenvalue weighted by Gasteiger charge is -2.22. The number of benzene rings is 2. The van der Waals surface area contributed by atoms with Crippen LogP contribution in [0.5, 0.6) is 0 Å². The largest absolute Gasteiger partial charge is 0.415 e. The minimum absolute atomic E-state index is 0.217. The van der Waals surface area contributed by atoms with Crippen LogP contribution in [0.15, 0.2) is 71.4 Å². The number of aryl methyl sites for hydroxylation is 2. The quantitative estimate of drug-likeness (QED) is 0.132. The zero-order valence-corrected chi connectivity index (χ0v) is 26.4. The fraction of sp³-hybridized carbons (Fsp3) is 0.457. The van der Waals surface area contributed by atoms with Crippen molar-refractivity contribution < 1.29 is 17.6 Å². The van der Waals surface area contributed by atoms with Gasteiger partial charge in [-0.05, 0) is 75.3 Å². The lowest BCUT2D eigenvalue weighted by atomic mass is 9.83. The minimum Gasteiger partial charge on any atom is -0.266 e. The van der Waals surface area contributed by atoms with Crippen LogP contribution >= 0.6 is 11.6 Å². The van der Waals surface area contributed by atoms with Gasteiger partial charge in [-0.2, -0.15) is 13.2 Å². The number of halogens is 5. The monoisotopic (exact) mass is 591 g/mol. The van der Waals surface area contributed by atoms with Crippen molar-refractivity contribution in [2.75, 3.05) is 0 Å². The van der Waals surface area contributed by atoms with Crippen LogP contribution in [0.25, 0.3) is 5.57 Å². The number of nitrogens with zero attached hydrogens (tertiary/aromatic N) is 1. The van der Waals surface area contributed by atoms with Gasteiger partial charge in [0.2, 0.25) is 0 Å². The summed E-state index contributed by atoms with van der Waals surface area (Å²) in [4.78, 5) is 3.84.